The minimum atomic E-state index is -4.40. The molecular weight excluding hydrogens is 210 g/mol. The van der Waals surface area contributed by atoms with Crippen LogP contribution in [0.4, 0.5) is 0 Å². The lowest BCUT2D eigenvalue weighted by Crippen LogP contribution is -2.29. The highest BCUT2D eigenvalue weighted by Gasteiger charge is 2.09. The zero-order valence-electron chi connectivity index (χ0n) is 7.76. The number of amides is 1. The van der Waals surface area contributed by atoms with E-state index in [4.69, 9.17) is 4.55 Å². The Morgan fingerprint density at radius 2 is 2.29 bits per heavy atom. The molecule has 0 aliphatic heterocycles. The molecule has 7 heteroatoms. The maximum absolute atomic E-state index is 10.7. The molecule has 6 nitrogen and oxygen atoms in total. The van der Waals surface area contributed by atoms with E-state index in [1.807, 2.05) is 0 Å². The Kier molecular flexibility index (Phi) is 5.36. The minimum Gasteiger partial charge on any atom is -0.352 e. The first-order valence-corrected chi connectivity index (χ1v) is 5.23. The first-order valence-electron chi connectivity index (χ1n) is 3.87. The van der Waals surface area contributed by atoms with Crippen LogP contribution in [0.15, 0.2) is 12.7 Å². The molecule has 0 bridgehead atoms. The molecule has 1 atom stereocenters. The first kappa shape index (κ1) is 13.1. The van der Waals surface area contributed by atoms with Gasteiger partial charge in [-0.3, -0.25) is 9.35 Å². The fraction of sp³-hybridized carbons (Fsp3) is 0.571. The maximum atomic E-state index is 10.7. The monoisotopic (exact) mass is 223 g/mol. The first-order chi connectivity index (χ1) is 6.35. The Hall–Kier alpha value is -0.920. The van der Waals surface area contributed by atoms with Crippen LogP contribution in [0.1, 0.15) is 6.92 Å². The molecule has 0 aliphatic carbocycles. The largest absolute Gasteiger partial charge is 0.397 e. The standard InChI is InChI=1S/C7H13NO5S/c1-3-7(9)8-4-6(2)5-13-14(10,11)12/h3,6H,1,4-5H2,2H3,(H,8,9)(H,10,11,12). The summed E-state index contributed by atoms with van der Waals surface area (Å²) in [5.41, 5.74) is 0. The third-order valence-electron chi connectivity index (χ3n) is 1.31. The second kappa shape index (κ2) is 5.74. The van der Waals surface area contributed by atoms with Gasteiger partial charge in [0.1, 0.15) is 0 Å². The van der Waals surface area contributed by atoms with Crippen LogP contribution in [0.5, 0.6) is 0 Å². The molecule has 0 aliphatic rings. The summed E-state index contributed by atoms with van der Waals surface area (Å²) < 4.78 is 32.7. The SMILES string of the molecule is C=CC(=O)NCC(C)COS(=O)(=O)O. The third kappa shape index (κ3) is 7.71. The normalized spacial score (nSPS) is 13.3. The van der Waals surface area contributed by atoms with Gasteiger partial charge in [0.15, 0.2) is 0 Å². The van der Waals surface area contributed by atoms with Crippen LogP contribution in [-0.4, -0.2) is 32.0 Å². The van der Waals surface area contributed by atoms with E-state index in [0.717, 1.165) is 6.08 Å². The molecule has 14 heavy (non-hydrogen) atoms. The Morgan fingerprint density at radius 1 is 1.71 bits per heavy atom. The molecule has 0 aromatic heterocycles. The van der Waals surface area contributed by atoms with Crippen molar-refractivity contribution in [1.82, 2.24) is 5.32 Å². The zero-order chi connectivity index (χ0) is 11.2. The summed E-state index contributed by atoms with van der Waals surface area (Å²) in [6.07, 6.45) is 1.11. The number of nitrogens with one attached hydrogen (secondary N) is 1. The summed E-state index contributed by atoms with van der Waals surface area (Å²) in [5, 5.41) is 2.45. The molecule has 0 saturated heterocycles. The van der Waals surface area contributed by atoms with Crippen molar-refractivity contribution in [2.24, 2.45) is 5.92 Å². The molecule has 0 fully saturated rings. The molecule has 0 heterocycles. The van der Waals surface area contributed by atoms with Crippen LogP contribution in [0, 0.1) is 5.92 Å². The van der Waals surface area contributed by atoms with E-state index in [0.29, 0.717) is 0 Å². The van der Waals surface area contributed by atoms with Crippen molar-refractivity contribution in [2.75, 3.05) is 13.2 Å². The summed E-state index contributed by atoms with van der Waals surface area (Å²) in [7, 11) is -4.40. The van der Waals surface area contributed by atoms with Gasteiger partial charge in [0.05, 0.1) is 6.61 Å². The predicted molar refractivity (Wildman–Crippen MR) is 49.9 cm³/mol. The highest BCUT2D eigenvalue weighted by molar-refractivity contribution is 7.80. The molecule has 0 radical (unpaired) electrons. The average Bonchev–Trinajstić information content (AvgIpc) is 2.09. The summed E-state index contributed by atoms with van der Waals surface area (Å²) in [5.74, 6) is -0.565. The van der Waals surface area contributed by atoms with Crippen molar-refractivity contribution < 1.29 is 21.9 Å². The molecule has 0 spiro atoms. The second-order valence-electron chi connectivity index (χ2n) is 2.77. The maximum Gasteiger partial charge on any atom is 0.397 e. The minimum absolute atomic E-state index is 0.184. The summed E-state index contributed by atoms with van der Waals surface area (Å²) in [6.45, 7) is 4.97. The van der Waals surface area contributed by atoms with Crippen molar-refractivity contribution >= 4 is 16.3 Å². The van der Waals surface area contributed by atoms with E-state index >= 15 is 0 Å². The van der Waals surface area contributed by atoms with Crippen LogP contribution in [-0.2, 0) is 19.4 Å². The van der Waals surface area contributed by atoms with Gasteiger partial charge in [-0.05, 0) is 12.0 Å². The van der Waals surface area contributed by atoms with E-state index in [2.05, 4.69) is 16.1 Å². The number of hydrogen-bond acceptors (Lipinski definition) is 4. The quantitative estimate of drug-likeness (QED) is 0.478. The second-order valence-corrected chi connectivity index (χ2v) is 3.86. The van der Waals surface area contributed by atoms with Gasteiger partial charge in [-0.15, -0.1) is 0 Å². The van der Waals surface area contributed by atoms with Gasteiger partial charge in [-0.25, -0.2) is 4.18 Å². The molecule has 0 aromatic rings. The highest BCUT2D eigenvalue weighted by Crippen LogP contribution is 1.96. The highest BCUT2D eigenvalue weighted by atomic mass is 32.3. The number of rotatable bonds is 6. The Bertz CT molecular complexity index is 297. The lowest BCUT2D eigenvalue weighted by Gasteiger charge is -2.10. The van der Waals surface area contributed by atoms with E-state index in [-0.39, 0.29) is 25.0 Å². The molecule has 1 amide bonds. The van der Waals surface area contributed by atoms with Crippen molar-refractivity contribution in [3.63, 3.8) is 0 Å². The van der Waals surface area contributed by atoms with Crippen molar-refractivity contribution in [3.8, 4) is 0 Å². The summed E-state index contributed by atoms with van der Waals surface area (Å²) in [4.78, 5) is 10.7. The summed E-state index contributed by atoms with van der Waals surface area (Å²) in [6, 6.07) is 0. The molecular formula is C7H13NO5S. The van der Waals surface area contributed by atoms with Crippen molar-refractivity contribution in [2.45, 2.75) is 6.92 Å². The summed E-state index contributed by atoms with van der Waals surface area (Å²) >= 11 is 0. The van der Waals surface area contributed by atoms with Gasteiger partial charge in [0, 0.05) is 6.54 Å². The Labute approximate surface area is 82.9 Å². The van der Waals surface area contributed by atoms with Crippen LogP contribution < -0.4 is 5.32 Å². The average molecular weight is 223 g/mol. The number of hydrogen-bond donors (Lipinski definition) is 2. The third-order valence-corrected chi connectivity index (χ3v) is 1.75. The fourth-order valence-corrected chi connectivity index (χ4v) is 1.01. The predicted octanol–water partition coefficient (Wildman–Crippen LogP) is -0.256. The lowest BCUT2D eigenvalue weighted by molar-refractivity contribution is -0.116. The van der Waals surface area contributed by atoms with E-state index in [1.54, 1.807) is 6.92 Å². The van der Waals surface area contributed by atoms with Crippen LogP contribution in [0.3, 0.4) is 0 Å². The van der Waals surface area contributed by atoms with Gasteiger partial charge in [0.2, 0.25) is 5.91 Å². The topological polar surface area (TPSA) is 92.7 Å². The Balaban J connectivity index is 3.71. The molecule has 0 saturated carbocycles. The van der Waals surface area contributed by atoms with Gasteiger partial charge in [-0.2, -0.15) is 8.42 Å². The fourth-order valence-electron chi connectivity index (χ4n) is 0.608. The molecule has 2 N–H and O–H groups in total. The van der Waals surface area contributed by atoms with E-state index in [1.165, 1.54) is 0 Å². The van der Waals surface area contributed by atoms with Crippen molar-refractivity contribution in [3.05, 3.63) is 12.7 Å². The zero-order valence-corrected chi connectivity index (χ0v) is 8.58. The van der Waals surface area contributed by atoms with E-state index < -0.39 is 10.4 Å². The van der Waals surface area contributed by atoms with Gasteiger partial charge >= 0.3 is 10.4 Å². The van der Waals surface area contributed by atoms with Crippen LogP contribution >= 0.6 is 0 Å². The van der Waals surface area contributed by atoms with Gasteiger partial charge < -0.3 is 5.32 Å². The van der Waals surface area contributed by atoms with Gasteiger partial charge in [-0.1, -0.05) is 13.5 Å². The molecule has 0 rings (SSSR count). The van der Waals surface area contributed by atoms with Gasteiger partial charge in [0.25, 0.3) is 0 Å². The molecule has 82 valence electrons. The number of carbonyl (C=O) groups excluding carboxylic acids is 1. The Morgan fingerprint density at radius 3 is 2.71 bits per heavy atom. The van der Waals surface area contributed by atoms with E-state index in [9.17, 15) is 13.2 Å². The molecule has 1 unspecified atom stereocenters. The van der Waals surface area contributed by atoms with Crippen LogP contribution in [0.2, 0.25) is 0 Å². The number of carbonyl (C=O) groups is 1. The lowest BCUT2D eigenvalue weighted by atomic mass is 10.2. The smallest absolute Gasteiger partial charge is 0.352 e. The molecule has 0 aromatic carbocycles. The van der Waals surface area contributed by atoms with Crippen LogP contribution in [0.25, 0.3) is 0 Å². The van der Waals surface area contributed by atoms with Crippen molar-refractivity contribution in [1.29, 1.82) is 0 Å².